The predicted octanol–water partition coefficient (Wildman–Crippen LogP) is 2.97. The molecule has 1 aliphatic heterocycles. The lowest BCUT2D eigenvalue weighted by atomic mass is 10.0. The van der Waals surface area contributed by atoms with E-state index in [0.29, 0.717) is 17.6 Å². The first-order chi connectivity index (χ1) is 9.70. The SMILES string of the molecule is C[C@@H]1CCCN(CC(=O)Nc2nc3ccccc3s2)C1. The molecule has 2 aromatic rings. The van der Waals surface area contributed by atoms with Crippen LogP contribution in [-0.2, 0) is 4.79 Å². The number of aromatic nitrogens is 1. The van der Waals surface area contributed by atoms with Gasteiger partial charge in [-0.15, -0.1) is 0 Å². The van der Waals surface area contributed by atoms with Gasteiger partial charge in [0.15, 0.2) is 5.13 Å². The molecule has 1 amide bonds. The minimum atomic E-state index is 0.0400. The summed E-state index contributed by atoms with van der Waals surface area (Å²) < 4.78 is 1.11. The first-order valence-corrected chi connectivity index (χ1v) is 7.90. The Balaban J connectivity index is 1.60. The number of rotatable bonds is 3. The summed E-state index contributed by atoms with van der Waals surface area (Å²) in [5, 5.41) is 3.62. The number of fused-ring (bicyclic) bond motifs is 1. The summed E-state index contributed by atoms with van der Waals surface area (Å²) in [4.78, 5) is 18.7. The van der Waals surface area contributed by atoms with E-state index in [9.17, 15) is 4.79 Å². The summed E-state index contributed by atoms with van der Waals surface area (Å²) in [7, 11) is 0. The van der Waals surface area contributed by atoms with Crippen molar-refractivity contribution in [2.24, 2.45) is 5.92 Å². The molecule has 3 rings (SSSR count). The van der Waals surface area contributed by atoms with Gasteiger partial charge in [0.25, 0.3) is 0 Å². The third-order valence-electron chi connectivity index (χ3n) is 3.65. The third-order valence-corrected chi connectivity index (χ3v) is 4.60. The van der Waals surface area contributed by atoms with Crippen molar-refractivity contribution in [2.45, 2.75) is 19.8 Å². The van der Waals surface area contributed by atoms with E-state index in [4.69, 9.17) is 0 Å². The number of nitrogens with one attached hydrogen (secondary N) is 1. The monoisotopic (exact) mass is 289 g/mol. The first kappa shape index (κ1) is 13.5. The van der Waals surface area contributed by atoms with E-state index in [0.717, 1.165) is 23.3 Å². The van der Waals surface area contributed by atoms with Gasteiger partial charge in [-0.25, -0.2) is 4.98 Å². The van der Waals surface area contributed by atoms with Gasteiger partial charge >= 0.3 is 0 Å². The number of piperidine rings is 1. The van der Waals surface area contributed by atoms with Crippen molar-refractivity contribution in [1.82, 2.24) is 9.88 Å². The van der Waals surface area contributed by atoms with E-state index in [1.54, 1.807) is 0 Å². The van der Waals surface area contributed by atoms with E-state index in [1.807, 2.05) is 24.3 Å². The summed E-state index contributed by atoms with van der Waals surface area (Å²) in [5.74, 6) is 0.733. The van der Waals surface area contributed by atoms with Crippen LogP contribution in [0.3, 0.4) is 0 Å². The van der Waals surface area contributed by atoms with Crippen LogP contribution < -0.4 is 5.32 Å². The molecule has 1 saturated heterocycles. The second-order valence-corrected chi connectivity index (χ2v) is 6.55. The molecule has 2 heterocycles. The molecular formula is C15H19N3OS. The highest BCUT2D eigenvalue weighted by atomic mass is 32.1. The second-order valence-electron chi connectivity index (χ2n) is 5.52. The highest BCUT2D eigenvalue weighted by molar-refractivity contribution is 7.22. The molecule has 0 bridgehead atoms. The van der Waals surface area contributed by atoms with Crippen molar-refractivity contribution in [3.63, 3.8) is 0 Å². The average Bonchev–Trinajstić information content (AvgIpc) is 2.80. The van der Waals surface area contributed by atoms with Gasteiger partial charge in [-0.2, -0.15) is 0 Å². The Morgan fingerprint density at radius 2 is 2.35 bits per heavy atom. The lowest BCUT2D eigenvalue weighted by Gasteiger charge is -2.29. The number of likely N-dealkylation sites (tertiary alicyclic amines) is 1. The molecule has 20 heavy (non-hydrogen) atoms. The maximum Gasteiger partial charge on any atom is 0.240 e. The maximum absolute atomic E-state index is 12.1. The Hall–Kier alpha value is -1.46. The largest absolute Gasteiger partial charge is 0.301 e. The standard InChI is InChI=1S/C15H19N3OS/c1-11-5-4-8-18(9-11)10-14(19)17-15-16-12-6-2-3-7-13(12)20-15/h2-3,6-7,11H,4-5,8-10H2,1H3,(H,16,17,19)/t11-/m1/s1. The van der Waals surface area contributed by atoms with E-state index in [1.165, 1.54) is 24.2 Å². The Bertz CT molecular complexity index is 577. The number of hydrogen-bond donors (Lipinski definition) is 1. The molecule has 1 aromatic carbocycles. The zero-order valence-electron chi connectivity index (χ0n) is 11.6. The number of para-hydroxylation sites is 1. The number of thiazole rings is 1. The van der Waals surface area contributed by atoms with Crippen LogP contribution in [-0.4, -0.2) is 35.4 Å². The Morgan fingerprint density at radius 1 is 1.50 bits per heavy atom. The summed E-state index contributed by atoms with van der Waals surface area (Å²) in [5.41, 5.74) is 0.944. The average molecular weight is 289 g/mol. The van der Waals surface area contributed by atoms with Crippen LogP contribution in [0.1, 0.15) is 19.8 Å². The van der Waals surface area contributed by atoms with Gasteiger partial charge in [0.05, 0.1) is 16.8 Å². The van der Waals surface area contributed by atoms with Crippen molar-refractivity contribution < 1.29 is 4.79 Å². The summed E-state index contributed by atoms with van der Waals surface area (Å²) in [6.45, 7) is 4.77. The molecule has 0 unspecified atom stereocenters. The minimum absolute atomic E-state index is 0.0400. The van der Waals surface area contributed by atoms with Gasteiger partial charge in [0.2, 0.25) is 5.91 Å². The van der Waals surface area contributed by atoms with Gasteiger partial charge in [-0.1, -0.05) is 30.4 Å². The Kier molecular flexibility index (Phi) is 3.98. The van der Waals surface area contributed by atoms with Crippen molar-refractivity contribution in [3.05, 3.63) is 24.3 Å². The van der Waals surface area contributed by atoms with Crippen LogP contribution >= 0.6 is 11.3 Å². The van der Waals surface area contributed by atoms with Crippen molar-refractivity contribution in [3.8, 4) is 0 Å². The lowest BCUT2D eigenvalue weighted by molar-refractivity contribution is -0.117. The van der Waals surface area contributed by atoms with Crippen molar-refractivity contribution in [2.75, 3.05) is 25.0 Å². The quantitative estimate of drug-likeness (QED) is 0.945. The number of hydrogen-bond acceptors (Lipinski definition) is 4. The second kappa shape index (κ2) is 5.89. The maximum atomic E-state index is 12.1. The van der Waals surface area contributed by atoms with Gasteiger partial charge < -0.3 is 5.32 Å². The fourth-order valence-corrected chi connectivity index (χ4v) is 3.60. The molecule has 5 heteroatoms. The van der Waals surface area contributed by atoms with Crippen molar-refractivity contribution >= 4 is 32.6 Å². The predicted molar refractivity (Wildman–Crippen MR) is 83.1 cm³/mol. The fourth-order valence-electron chi connectivity index (χ4n) is 2.72. The number of anilines is 1. The summed E-state index contributed by atoms with van der Waals surface area (Å²) in [6.07, 6.45) is 2.46. The van der Waals surface area contributed by atoms with E-state index >= 15 is 0 Å². The molecular weight excluding hydrogens is 270 g/mol. The molecule has 1 aromatic heterocycles. The summed E-state index contributed by atoms with van der Waals surface area (Å²) >= 11 is 1.53. The third kappa shape index (κ3) is 3.16. The van der Waals surface area contributed by atoms with Gasteiger partial charge in [0, 0.05) is 6.54 Å². The van der Waals surface area contributed by atoms with Crippen LogP contribution in [0.2, 0.25) is 0 Å². The van der Waals surface area contributed by atoms with Crippen LogP contribution in [0.15, 0.2) is 24.3 Å². The molecule has 0 aliphatic carbocycles. The number of carbonyl (C=O) groups excluding carboxylic acids is 1. The molecule has 0 saturated carbocycles. The highest BCUT2D eigenvalue weighted by Crippen LogP contribution is 2.25. The number of nitrogens with zero attached hydrogens (tertiary/aromatic N) is 2. The Morgan fingerprint density at radius 3 is 3.15 bits per heavy atom. The topological polar surface area (TPSA) is 45.2 Å². The fraction of sp³-hybridized carbons (Fsp3) is 0.467. The molecule has 0 spiro atoms. The van der Waals surface area contributed by atoms with Crippen LogP contribution in [0.4, 0.5) is 5.13 Å². The van der Waals surface area contributed by atoms with E-state index in [-0.39, 0.29) is 5.91 Å². The molecule has 1 atom stereocenters. The van der Waals surface area contributed by atoms with Crippen molar-refractivity contribution in [1.29, 1.82) is 0 Å². The van der Waals surface area contributed by atoms with Gasteiger partial charge in [-0.05, 0) is 37.4 Å². The highest BCUT2D eigenvalue weighted by Gasteiger charge is 2.19. The number of benzene rings is 1. The molecule has 0 radical (unpaired) electrons. The van der Waals surface area contributed by atoms with Crippen LogP contribution in [0, 0.1) is 5.92 Å². The Labute approximate surface area is 122 Å². The minimum Gasteiger partial charge on any atom is -0.301 e. The van der Waals surface area contributed by atoms with Crippen LogP contribution in [0.5, 0.6) is 0 Å². The number of carbonyl (C=O) groups is 1. The molecule has 106 valence electrons. The molecule has 1 fully saturated rings. The lowest BCUT2D eigenvalue weighted by Crippen LogP contribution is -2.39. The van der Waals surface area contributed by atoms with Gasteiger partial charge in [0.1, 0.15) is 0 Å². The van der Waals surface area contributed by atoms with Gasteiger partial charge in [-0.3, -0.25) is 9.69 Å². The zero-order valence-corrected chi connectivity index (χ0v) is 12.4. The first-order valence-electron chi connectivity index (χ1n) is 7.08. The van der Waals surface area contributed by atoms with E-state index < -0.39 is 0 Å². The normalized spacial score (nSPS) is 20.1. The van der Waals surface area contributed by atoms with E-state index in [2.05, 4.69) is 22.1 Å². The molecule has 1 N–H and O–H groups in total. The molecule has 1 aliphatic rings. The summed E-state index contributed by atoms with van der Waals surface area (Å²) in [6, 6.07) is 7.94. The zero-order chi connectivity index (χ0) is 13.9. The number of amides is 1. The van der Waals surface area contributed by atoms with Crippen LogP contribution in [0.25, 0.3) is 10.2 Å². The smallest absolute Gasteiger partial charge is 0.240 e. The molecule has 4 nitrogen and oxygen atoms in total.